The Morgan fingerprint density at radius 1 is 1.25 bits per heavy atom. The first-order valence-corrected chi connectivity index (χ1v) is 7.57. The van der Waals surface area contributed by atoms with Crippen LogP contribution in [0.2, 0.25) is 5.02 Å². The van der Waals surface area contributed by atoms with E-state index in [1.165, 1.54) is 0 Å². The van der Waals surface area contributed by atoms with Crippen LogP contribution in [0.25, 0.3) is 10.7 Å². The topological polar surface area (TPSA) is 43.8 Å². The van der Waals surface area contributed by atoms with Gasteiger partial charge in [-0.2, -0.15) is 0 Å². The molecule has 0 aliphatic rings. The van der Waals surface area contributed by atoms with Crippen molar-refractivity contribution < 1.29 is 0 Å². The largest absolute Gasteiger partial charge is 0.328 e. The van der Waals surface area contributed by atoms with Crippen LogP contribution in [-0.2, 0) is 0 Å². The third kappa shape index (κ3) is 2.50. The monoisotopic (exact) mass is 303 g/mol. The first kappa shape index (κ1) is 13.4. The normalized spacial score (nSPS) is 12.5. The second kappa shape index (κ2) is 5.79. The highest BCUT2D eigenvalue weighted by molar-refractivity contribution is 7.13. The average Bonchev–Trinajstić information content (AvgIpc) is 3.12. The number of halogens is 1. The lowest BCUT2D eigenvalue weighted by atomic mass is 10.1. The van der Waals surface area contributed by atoms with Crippen LogP contribution in [0.3, 0.4) is 0 Å². The molecule has 102 valence electrons. The van der Waals surface area contributed by atoms with Gasteiger partial charge < -0.3 is 10.3 Å². The van der Waals surface area contributed by atoms with E-state index in [4.69, 9.17) is 17.3 Å². The molecule has 1 unspecified atom stereocenters. The van der Waals surface area contributed by atoms with Crippen molar-refractivity contribution in [1.82, 2.24) is 9.55 Å². The molecule has 2 N–H and O–H groups in total. The maximum atomic E-state index is 5.98. The van der Waals surface area contributed by atoms with Crippen molar-refractivity contribution >= 4 is 22.9 Å². The first-order valence-electron chi connectivity index (χ1n) is 6.32. The number of benzene rings is 1. The minimum Gasteiger partial charge on any atom is -0.328 e. The molecule has 3 aromatic rings. The van der Waals surface area contributed by atoms with Gasteiger partial charge in [0.1, 0.15) is 0 Å². The third-order valence-corrected chi connectivity index (χ3v) is 4.34. The predicted molar refractivity (Wildman–Crippen MR) is 84.2 cm³/mol. The fourth-order valence-corrected chi connectivity index (χ4v) is 3.11. The van der Waals surface area contributed by atoms with Crippen molar-refractivity contribution in [3.05, 3.63) is 64.8 Å². The lowest BCUT2D eigenvalue weighted by Gasteiger charge is -2.19. The molecule has 0 aliphatic heterocycles. The van der Waals surface area contributed by atoms with Crippen LogP contribution < -0.4 is 5.73 Å². The summed E-state index contributed by atoms with van der Waals surface area (Å²) < 4.78 is 2.12. The van der Waals surface area contributed by atoms with Crippen LogP contribution in [-0.4, -0.2) is 16.1 Å². The molecule has 20 heavy (non-hydrogen) atoms. The zero-order valence-corrected chi connectivity index (χ0v) is 12.3. The van der Waals surface area contributed by atoms with E-state index in [2.05, 4.69) is 15.6 Å². The van der Waals surface area contributed by atoms with E-state index in [1.54, 1.807) is 11.3 Å². The molecular formula is C15H14ClN3S. The lowest BCUT2D eigenvalue weighted by Crippen LogP contribution is -2.20. The number of hydrogen-bond donors (Lipinski definition) is 1. The van der Waals surface area contributed by atoms with E-state index in [-0.39, 0.29) is 6.04 Å². The van der Waals surface area contributed by atoms with Gasteiger partial charge in [0.25, 0.3) is 0 Å². The van der Waals surface area contributed by atoms with Crippen molar-refractivity contribution in [1.29, 1.82) is 0 Å². The van der Waals surface area contributed by atoms with Gasteiger partial charge >= 0.3 is 0 Å². The summed E-state index contributed by atoms with van der Waals surface area (Å²) in [6, 6.07) is 12.0. The van der Waals surface area contributed by atoms with Gasteiger partial charge in [-0.15, -0.1) is 11.3 Å². The summed E-state index contributed by atoms with van der Waals surface area (Å²) >= 11 is 7.62. The molecule has 0 fully saturated rings. The van der Waals surface area contributed by atoms with Crippen LogP contribution in [0.1, 0.15) is 11.6 Å². The van der Waals surface area contributed by atoms with Crippen molar-refractivity contribution in [2.45, 2.75) is 6.04 Å². The van der Waals surface area contributed by atoms with Gasteiger partial charge in [0.05, 0.1) is 10.9 Å². The molecule has 1 aromatic carbocycles. The molecule has 1 atom stereocenters. The second-order valence-electron chi connectivity index (χ2n) is 4.44. The van der Waals surface area contributed by atoms with Gasteiger partial charge in [-0.1, -0.05) is 29.8 Å². The van der Waals surface area contributed by atoms with Crippen LogP contribution in [0, 0.1) is 0 Å². The summed E-state index contributed by atoms with van der Waals surface area (Å²) in [4.78, 5) is 5.60. The van der Waals surface area contributed by atoms with Gasteiger partial charge in [0.2, 0.25) is 0 Å². The van der Waals surface area contributed by atoms with Gasteiger partial charge in [0.15, 0.2) is 5.82 Å². The van der Waals surface area contributed by atoms with Crippen molar-refractivity contribution in [3.63, 3.8) is 0 Å². The van der Waals surface area contributed by atoms with E-state index >= 15 is 0 Å². The van der Waals surface area contributed by atoms with Gasteiger partial charge in [-0.05, 0) is 29.1 Å². The van der Waals surface area contributed by atoms with Gasteiger partial charge in [-0.25, -0.2) is 4.98 Å². The lowest BCUT2D eigenvalue weighted by molar-refractivity contribution is 0.601. The predicted octanol–water partition coefficient (Wildman–Crippen LogP) is 3.81. The molecule has 5 heteroatoms. The average molecular weight is 304 g/mol. The molecule has 0 radical (unpaired) electrons. The molecule has 0 bridgehead atoms. The summed E-state index contributed by atoms with van der Waals surface area (Å²) in [7, 11) is 0. The fourth-order valence-electron chi connectivity index (χ4n) is 2.26. The number of rotatable bonds is 4. The third-order valence-electron chi connectivity index (χ3n) is 3.22. The molecule has 3 nitrogen and oxygen atoms in total. The fraction of sp³-hybridized carbons (Fsp3) is 0.133. The highest BCUT2D eigenvalue weighted by atomic mass is 35.5. The highest BCUT2D eigenvalue weighted by Crippen LogP contribution is 2.28. The molecule has 0 spiro atoms. The number of thiophene rings is 1. The van der Waals surface area contributed by atoms with E-state index in [1.807, 2.05) is 48.1 Å². The molecule has 3 rings (SSSR count). The van der Waals surface area contributed by atoms with Crippen molar-refractivity contribution in [2.24, 2.45) is 5.73 Å². The maximum absolute atomic E-state index is 5.98. The van der Waals surface area contributed by atoms with E-state index < -0.39 is 0 Å². The number of aromatic nitrogens is 2. The molecule has 0 saturated heterocycles. The summed E-state index contributed by atoms with van der Waals surface area (Å²) in [5.41, 5.74) is 7.11. The van der Waals surface area contributed by atoms with Crippen LogP contribution in [0.4, 0.5) is 0 Å². The van der Waals surface area contributed by atoms with Crippen LogP contribution in [0.5, 0.6) is 0 Å². The molecule has 0 saturated carbocycles. The van der Waals surface area contributed by atoms with Crippen molar-refractivity contribution in [3.8, 4) is 10.7 Å². The molecule has 2 heterocycles. The molecular weight excluding hydrogens is 290 g/mol. The SMILES string of the molecule is NCC(c1ccc(Cl)cc1)n1ccnc1-c1cccs1. The Bertz CT molecular complexity index is 673. The smallest absolute Gasteiger partial charge is 0.150 e. The summed E-state index contributed by atoms with van der Waals surface area (Å²) in [5.74, 6) is 0.949. The molecule has 0 amide bonds. The molecule has 0 aliphatic carbocycles. The van der Waals surface area contributed by atoms with Gasteiger partial charge in [-0.3, -0.25) is 0 Å². The van der Waals surface area contributed by atoms with E-state index in [0.717, 1.165) is 21.3 Å². The number of nitrogens with zero attached hydrogens (tertiary/aromatic N) is 2. The van der Waals surface area contributed by atoms with E-state index in [9.17, 15) is 0 Å². The first-order chi connectivity index (χ1) is 9.79. The van der Waals surface area contributed by atoms with Crippen molar-refractivity contribution in [2.75, 3.05) is 6.54 Å². The summed E-state index contributed by atoms with van der Waals surface area (Å²) in [5, 5.41) is 2.78. The Morgan fingerprint density at radius 3 is 2.70 bits per heavy atom. The Balaban J connectivity index is 2.02. The van der Waals surface area contributed by atoms with Gasteiger partial charge in [0, 0.05) is 24.0 Å². The Hall–Kier alpha value is -1.62. The Morgan fingerprint density at radius 2 is 2.05 bits per heavy atom. The quantitative estimate of drug-likeness (QED) is 0.796. The zero-order chi connectivity index (χ0) is 13.9. The number of imidazole rings is 1. The van der Waals surface area contributed by atoms with Crippen LogP contribution in [0.15, 0.2) is 54.2 Å². The zero-order valence-electron chi connectivity index (χ0n) is 10.7. The Labute approximate surface area is 126 Å². The minimum atomic E-state index is 0.0619. The summed E-state index contributed by atoms with van der Waals surface area (Å²) in [6.45, 7) is 0.510. The standard InChI is InChI=1S/C15H14ClN3S/c16-12-5-3-11(4-6-12)13(10-17)19-8-7-18-15(19)14-2-1-9-20-14/h1-9,13H,10,17H2. The number of nitrogens with two attached hydrogens (primary N) is 1. The highest BCUT2D eigenvalue weighted by Gasteiger charge is 2.16. The maximum Gasteiger partial charge on any atom is 0.150 e. The van der Waals surface area contributed by atoms with E-state index in [0.29, 0.717) is 6.54 Å². The molecule has 2 aromatic heterocycles. The number of hydrogen-bond acceptors (Lipinski definition) is 3. The minimum absolute atomic E-state index is 0.0619. The summed E-state index contributed by atoms with van der Waals surface area (Å²) in [6.07, 6.45) is 3.79. The second-order valence-corrected chi connectivity index (χ2v) is 5.82. The Kier molecular flexibility index (Phi) is 3.87. The van der Waals surface area contributed by atoms with Crippen LogP contribution >= 0.6 is 22.9 Å².